The molecule has 2 aromatic carbocycles. The van der Waals surface area contributed by atoms with Crippen molar-refractivity contribution in [1.29, 1.82) is 0 Å². The summed E-state index contributed by atoms with van der Waals surface area (Å²) in [6.45, 7) is 2.32. The van der Waals surface area contributed by atoms with Gasteiger partial charge in [-0.3, -0.25) is 0 Å². The molecular weight excluding hydrogens is 358 g/mol. The van der Waals surface area contributed by atoms with Gasteiger partial charge in [-0.05, 0) is 23.8 Å². The van der Waals surface area contributed by atoms with Crippen LogP contribution < -0.4 is 15.4 Å². The second-order valence-electron chi connectivity index (χ2n) is 6.37. The predicted octanol–water partition coefficient (Wildman–Crippen LogP) is 2.88. The minimum Gasteiger partial charge on any atom is -0.496 e. The first kappa shape index (κ1) is 17.8. The molecule has 2 N–H and O–H groups in total. The Hall–Kier alpha value is -3.55. The molecule has 0 spiro atoms. The first-order chi connectivity index (χ1) is 13.7. The van der Waals surface area contributed by atoms with Crippen LogP contribution in [0.4, 0.5) is 10.5 Å². The van der Waals surface area contributed by atoms with Crippen molar-refractivity contribution in [1.82, 2.24) is 20.4 Å². The van der Waals surface area contributed by atoms with Crippen LogP contribution in [0, 0.1) is 0 Å². The molecule has 0 atom stereocenters. The highest BCUT2D eigenvalue weighted by molar-refractivity contribution is 5.76. The van der Waals surface area contributed by atoms with E-state index in [0.29, 0.717) is 43.7 Å². The van der Waals surface area contributed by atoms with Crippen LogP contribution in [0.25, 0.3) is 11.5 Å². The number of rotatable bonds is 7. The van der Waals surface area contributed by atoms with Gasteiger partial charge in [0, 0.05) is 25.3 Å². The first-order valence-corrected chi connectivity index (χ1v) is 9.05. The summed E-state index contributed by atoms with van der Waals surface area (Å²) in [4.78, 5) is 13.6. The average molecular weight is 379 g/mol. The van der Waals surface area contributed by atoms with E-state index in [2.05, 4.69) is 20.8 Å². The van der Waals surface area contributed by atoms with Gasteiger partial charge in [-0.15, -0.1) is 10.2 Å². The number of para-hydroxylation sites is 2. The molecule has 1 fully saturated rings. The van der Waals surface area contributed by atoms with E-state index in [1.807, 2.05) is 48.5 Å². The summed E-state index contributed by atoms with van der Waals surface area (Å²) in [7, 11) is 1.61. The van der Waals surface area contributed by atoms with Gasteiger partial charge in [-0.2, -0.15) is 0 Å². The summed E-state index contributed by atoms with van der Waals surface area (Å²) in [6.07, 6.45) is 0. The Morgan fingerprint density at radius 1 is 1.18 bits per heavy atom. The summed E-state index contributed by atoms with van der Waals surface area (Å²) in [5.74, 6) is 1.56. The number of methoxy groups -OCH3 is 1. The Bertz CT molecular complexity index is 972. The molecule has 0 unspecified atom stereocenters. The van der Waals surface area contributed by atoms with Crippen LogP contribution >= 0.6 is 0 Å². The van der Waals surface area contributed by atoms with Crippen molar-refractivity contribution in [3.8, 4) is 17.2 Å². The molecule has 8 nitrogen and oxygen atoms in total. The molecule has 2 heterocycles. The molecule has 0 bridgehead atoms. The van der Waals surface area contributed by atoms with Crippen molar-refractivity contribution in [3.05, 3.63) is 60.0 Å². The number of aromatic nitrogens is 2. The minimum atomic E-state index is -0.0341. The number of anilines is 1. The fraction of sp³-hybridized carbons (Fsp3) is 0.250. The number of carbonyl (C=O) groups excluding carboxylic acids is 1. The topological polar surface area (TPSA) is 92.5 Å². The number of ether oxygens (including phenoxy) is 1. The van der Waals surface area contributed by atoms with Gasteiger partial charge in [0.25, 0.3) is 5.89 Å². The summed E-state index contributed by atoms with van der Waals surface area (Å²) >= 11 is 0. The number of amides is 2. The van der Waals surface area contributed by atoms with Gasteiger partial charge in [-0.25, -0.2) is 4.79 Å². The molecule has 0 radical (unpaired) electrons. The molecule has 0 aliphatic carbocycles. The molecule has 28 heavy (non-hydrogen) atoms. The molecule has 0 saturated carbocycles. The van der Waals surface area contributed by atoms with Crippen LogP contribution in [0.3, 0.4) is 0 Å². The fourth-order valence-electron chi connectivity index (χ4n) is 3.12. The van der Waals surface area contributed by atoms with Crippen molar-refractivity contribution in [3.63, 3.8) is 0 Å². The van der Waals surface area contributed by atoms with Crippen molar-refractivity contribution in [2.75, 3.05) is 25.5 Å². The Morgan fingerprint density at radius 2 is 2.00 bits per heavy atom. The van der Waals surface area contributed by atoms with Crippen LogP contribution in [-0.2, 0) is 13.1 Å². The molecule has 1 aliphatic rings. The van der Waals surface area contributed by atoms with E-state index in [-0.39, 0.29) is 6.03 Å². The smallest absolute Gasteiger partial charge is 0.317 e. The maximum atomic E-state index is 11.8. The van der Waals surface area contributed by atoms with Gasteiger partial charge >= 0.3 is 6.03 Å². The van der Waals surface area contributed by atoms with E-state index in [4.69, 9.17) is 9.15 Å². The third-order valence-electron chi connectivity index (χ3n) is 4.56. The van der Waals surface area contributed by atoms with Crippen LogP contribution in [-0.4, -0.2) is 41.3 Å². The highest BCUT2D eigenvalue weighted by Gasteiger charge is 2.20. The molecule has 4 rings (SSSR count). The average Bonchev–Trinajstić information content (AvgIpc) is 3.36. The van der Waals surface area contributed by atoms with Crippen molar-refractivity contribution < 1.29 is 13.9 Å². The standard InChI is InChI=1S/C20H21N5O3/c1-27-17-9-5-3-7-15(17)19-24-23-18(28-19)12-22-16-8-4-2-6-14(16)13-25-11-10-21-20(25)26/h2-9,22H,10-13H2,1H3,(H,21,26). The number of carbonyl (C=O) groups is 1. The molecule has 2 amide bonds. The van der Waals surface area contributed by atoms with Crippen LogP contribution in [0.5, 0.6) is 5.75 Å². The van der Waals surface area contributed by atoms with E-state index in [1.165, 1.54) is 0 Å². The Labute approximate surface area is 162 Å². The number of urea groups is 1. The van der Waals surface area contributed by atoms with Gasteiger partial charge < -0.3 is 24.7 Å². The fourth-order valence-corrected chi connectivity index (χ4v) is 3.12. The van der Waals surface area contributed by atoms with E-state index in [0.717, 1.165) is 16.8 Å². The zero-order valence-electron chi connectivity index (χ0n) is 15.5. The van der Waals surface area contributed by atoms with Crippen LogP contribution in [0.15, 0.2) is 52.9 Å². The maximum absolute atomic E-state index is 11.8. The zero-order valence-corrected chi connectivity index (χ0v) is 15.5. The van der Waals surface area contributed by atoms with E-state index in [9.17, 15) is 4.79 Å². The van der Waals surface area contributed by atoms with E-state index in [1.54, 1.807) is 12.0 Å². The van der Waals surface area contributed by atoms with Gasteiger partial charge in [0.05, 0.1) is 19.2 Å². The molecule has 1 aromatic heterocycles. The number of benzene rings is 2. The lowest BCUT2D eigenvalue weighted by Crippen LogP contribution is -2.27. The summed E-state index contributed by atoms with van der Waals surface area (Å²) in [5, 5.41) is 14.4. The van der Waals surface area contributed by atoms with Crippen molar-refractivity contribution in [2.45, 2.75) is 13.1 Å². The van der Waals surface area contributed by atoms with Crippen molar-refractivity contribution in [2.24, 2.45) is 0 Å². The van der Waals surface area contributed by atoms with E-state index < -0.39 is 0 Å². The van der Waals surface area contributed by atoms with E-state index >= 15 is 0 Å². The molecule has 3 aromatic rings. The molecule has 8 heteroatoms. The molecule has 1 aliphatic heterocycles. The third-order valence-corrected chi connectivity index (χ3v) is 4.56. The normalized spacial score (nSPS) is 13.5. The van der Waals surface area contributed by atoms with Crippen LogP contribution in [0.1, 0.15) is 11.5 Å². The SMILES string of the molecule is COc1ccccc1-c1nnc(CNc2ccccc2CN2CCNC2=O)o1. The number of hydrogen-bond donors (Lipinski definition) is 2. The summed E-state index contributed by atoms with van der Waals surface area (Å²) < 4.78 is 11.1. The lowest BCUT2D eigenvalue weighted by atomic mass is 10.1. The molecule has 144 valence electrons. The predicted molar refractivity (Wildman–Crippen MR) is 104 cm³/mol. The van der Waals surface area contributed by atoms with Crippen LogP contribution in [0.2, 0.25) is 0 Å². The summed E-state index contributed by atoms with van der Waals surface area (Å²) in [5.41, 5.74) is 2.72. The first-order valence-electron chi connectivity index (χ1n) is 9.05. The number of nitrogens with zero attached hydrogens (tertiary/aromatic N) is 3. The zero-order chi connectivity index (χ0) is 19.3. The quantitative estimate of drug-likeness (QED) is 0.656. The lowest BCUT2D eigenvalue weighted by molar-refractivity contribution is 0.215. The lowest BCUT2D eigenvalue weighted by Gasteiger charge is -2.17. The largest absolute Gasteiger partial charge is 0.496 e. The Kier molecular flexibility index (Phi) is 5.09. The maximum Gasteiger partial charge on any atom is 0.317 e. The molecule has 1 saturated heterocycles. The van der Waals surface area contributed by atoms with Gasteiger partial charge in [-0.1, -0.05) is 30.3 Å². The number of nitrogens with one attached hydrogen (secondary N) is 2. The van der Waals surface area contributed by atoms with Gasteiger partial charge in [0.1, 0.15) is 5.75 Å². The monoisotopic (exact) mass is 379 g/mol. The third kappa shape index (κ3) is 3.75. The molecular formula is C20H21N5O3. The second-order valence-corrected chi connectivity index (χ2v) is 6.37. The summed E-state index contributed by atoms with van der Waals surface area (Å²) in [6, 6.07) is 15.4. The Balaban J connectivity index is 1.46. The highest BCUT2D eigenvalue weighted by atomic mass is 16.5. The van der Waals surface area contributed by atoms with Gasteiger partial charge in [0.15, 0.2) is 0 Å². The Morgan fingerprint density at radius 3 is 2.82 bits per heavy atom. The highest BCUT2D eigenvalue weighted by Crippen LogP contribution is 2.28. The van der Waals surface area contributed by atoms with Crippen molar-refractivity contribution >= 4 is 11.7 Å². The number of hydrogen-bond acceptors (Lipinski definition) is 6. The van der Waals surface area contributed by atoms with Gasteiger partial charge in [0.2, 0.25) is 5.89 Å². The second kappa shape index (κ2) is 7.99. The minimum absolute atomic E-state index is 0.0341.